The number of pyridine rings is 2. The summed E-state index contributed by atoms with van der Waals surface area (Å²) in [6.07, 6.45) is 3.23. The highest BCUT2D eigenvalue weighted by atomic mass is 16.2. The maximum absolute atomic E-state index is 12.0. The van der Waals surface area contributed by atoms with Gasteiger partial charge in [0.25, 0.3) is 0 Å². The lowest BCUT2D eigenvalue weighted by atomic mass is 10.3. The first-order chi connectivity index (χ1) is 10.1. The smallest absolute Gasteiger partial charge is 0.309 e. The topological polar surface area (TPSA) is 81.3 Å². The molecule has 0 saturated heterocycles. The van der Waals surface area contributed by atoms with E-state index in [0.717, 1.165) is 10.2 Å². The van der Waals surface area contributed by atoms with Crippen molar-refractivity contribution in [2.75, 3.05) is 5.32 Å². The maximum atomic E-state index is 12.0. The largest absolute Gasteiger partial charge is 0.350 e. The van der Waals surface area contributed by atoms with Gasteiger partial charge in [0.15, 0.2) is 5.65 Å². The highest BCUT2D eigenvalue weighted by Gasteiger charge is 2.10. The molecule has 0 bridgehead atoms. The highest BCUT2D eigenvalue weighted by Crippen LogP contribution is 2.05. The minimum absolute atomic E-state index is 0.157. The van der Waals surface area contributed by atoms with E-state index in [1.807, 2.05) is 13.0 Å². The molecule has 0 aliphatic carbocycles. The number of rotatable bonds is 3. The Hall–Kier alpha value is -2.96. The number of amides is 1. The number of hydrogen-bond acceptors (Lipinski definition) is 4. The summed E-state index contributed by atoms with van der Waals surface area (Å²) < 4.78 is 2.51. The number of nitrogens with one attached hydrogen (secondary N) is 1. The van der Waals surface area contributed by atoms with Crippen LogP contribution in [0.2, 0.25) is 0 Å². The summed E-state index contributed by atoms with van der Waals surface area (Å²) in [4.78, 5) is 28.0. The molecular weight excluding hydrogens is 270 g/mol. The van der Waals surface area contributed by atoms with E-state index in [2.05, 4.69) is 15.4 Å². The van der Waals surface area contributed by atoms with E-state index >= 15 is 0 Å². The summed E-state index contributed by atoms with van der Waals surface area (Å²) in [5.41, 5.74) is 1.15. The van der Waals surface area contributed by atoms with E-state index in [1.54, 1.807) is 36.7 Å². The van der Waals surface area contributed by atoms with Gasteiger partial charge in [-0.25, -0.2) is 14.5 Å². The fourth-order valence-corrected chi connectivity index (χ4v) is 1.99. The SMILES string of the molecule is Cc1ccnc(NC(=O)Cn2nc3ccccn3c2=O)c1. The third-order valence-corrected chi connectivity index (χ3v) is 2.96. The van der Waals surface area contributed by atoms with E-state index in [0.29, 0.717) is 11.5 Å². The van der Waals surface area contributed by atoms with E-state index in [9.17, 15) is 9.59 Å². The molecule has 0 radical (unpaired) electrons. The first kappa shape index (κ1) is 13.0. The van der Waals surface area contributed by atoms with Gasteiger partial charge < -0.3 is 5.32 Å². The van der Waals surface area contributed by atoms with Gasteiger partial charge in [0.05, 0.1) is 0 Å². The molecule has 106 valence electrons. The number of carbonyl (C=O) groups is 1. The fourth-order valence-electron chi connectivity index (χ4n) is 1.99. The van der Waals surface area contributed by atoms with Gasteiger partial charge in [0.2, 0.25) is 5.91 Å². The summed E-state index contributed by atoms with van der Waals surface area (Å²) in [6, 6.07) is 8.81. The molecule has 3 aromatic rings. The second-order valence-corrected chi connectivity index (χ2v) is 4.64. The molecule has 3 aromatic heterocycles. The Bertz CT molecular complexity index is 865. The van der Waals surface area contributed by atoms with Gasteiger partial charge in [0, 0.05) is 12.4 Å². The summed E-state index contributed by atoms with van der Waals surface area (Å²) in [5, 5.41) is 6.74. The Kier molecular flexibility index (Phi) is 3.23. The number of carbonyl (C=O) groups excluding carboxylic acids is 1. The van der Waals surface area contributed by atoms with Crippen LogP contribution >= 0.6 is 0 Å². The molecular formula is C14H13N5O2. The van der Waals surface area contributed by atoms with E-state index in [4.69, 9.17) is 0 Å². The molecule has 21 heavy (non-hydrogen) atoms. The van der Waals surface area contributed by atoms with E-state index < -0.39 is 0 Å². The van der Waals surface area contributed by atoms with Crippen molar-refractivity contribution in [2.45, 2.75) is 13.5 Å². The Labute approximate surface area is 119 Å². The lowest BCUT2D eigenvalue weighted by molar-refractivity contribution is -0.117. The van der Waals surface area contributed by atoms with Crippen LogP contribution in [0.3, 0.4) is 0 Å². The predicted octanol–water partition coefficient (Wildman–Crippen LogP) is 0.838. The van der Waals surface area contributed by atoms with Gasteiger partial charge in [-0.3, -0.25) is 9.20 Å². The third-order valence-electron chi connectivity index (χ3n) is 2.96. The minimum atomic E-state index is -0.349. The maximum Gasteiger partial charge on any atom is 0.350 e. The molecule has 1 N–H and O–H groups in total. The van der Waals surface area contributed by atoms with Crippen LogP contribution in [0.1, 0.15) is 5.56 Å². The number of anilines is 1. The lowest BCUT2D eigenvalue weighted by Crippen LogP contribution is -2.28. The van der Waals surface area contributed by atoms with Crippen molar-refractivity contribution in [1.82, 2.24) is 19.2 Å². The quantitative estimate of drug-likeness (QED) is 0.772. The monoisotopic (exact) mass is 283 g/mol. The Morgan fingerprint density at radius 3 is 2.95 bits per heavy atom. The molecule has 0 aliphatic rings. The fraction of sp³-hybridized carbons (Fsp3) is 0.143. The number of hydrogen-bond donors (Lipinski definition) is 1. The van der Waals surface area contributed by atoms with Gasteiger partial charge >= 0.3 is 5.69 Å². The van der Waals surface area contributed by atoms with Crippen molar-refractivity contribution in [1.29, 1.82) is 0 Å². The molecule has 0 fully saturated rings. The number of fused-ring (bicyclic) bond motifs is 1. The van der Waals surface area contributed by atoms with Crippen LogP contribution in [0.4, 0.5) is 5.82 Å². The van der Waals surface area contributed by atoms with Crippen molar-refractivity contribution < 1.29 is 4.79 Å². The third kappa shape index (κ3) is 2.66. The van der Waals surface area contributed by atoms with Crippen molar-refractivity contribution in [3.8, 4) is 0 Å². The zero-order chi connectivity index (χ0) is 14.8. The zero-order valence-electron chi connectivity index (χ0n) is 11.4. The molecule has 7 heteroatoms. The van der Waals surface area contributed by atoms with Gasteiger partial charge in [-0.15, -0.1) is 5.10 Å². The van der Waals surface area contributed by atoms with Crippen molar-refractivity contribution in [3.63, 3.8) is 0 Å². The molecule has 0 atom stereocenters. The predicted molar refractivity (Wildman–Crippen MR) is 77.1 cm³/mol. The zero-order valence-corrected chi connectivity index (χ0v) is 11.4. The first-order valence-corrected chi connectivity index (χ1v) is 6.40. The second kappa shape index (κ2) is 5.20. The van der Waals surface area contributed by atoms with Crippen LogP contribution in [-0.2, 0) is 11.3 Å². The van der Waals surface area contributed by atoms with E-state index in [1.165, 1.54) is 4.40 Å². The summed E-state index contributed by atoms with van der Waals surface area (Å²) >= 11 is 0. The molecule has 0 spiro atoms. The number of aromatic nitrogens is 4. The number of aryl methyl sites for hydroxylation is 1. The van der Waals surface area contributed by atoms with Crippen LogP contribution in [-0.4, -0.2) is 25.1 Å². The van der Waals surface area contributed by atoms with Crippen molar-refractivity contribution in [2.24, 2.45) is 0 Å². The standard InChI is InChI=1S/C14H13N5O2/c1-10-5-6-15-11(8-10)16-13(20)9-19-14(21)18-7-3-2-4-12(18)17-19/h2-8H,9H2,1H3,(H,15,16,20). The van der Waals surface area contributed by atoms with Gasteiger partial charge in [0.1, 0.15) is 12.4 Å². The average Bonchev–Trinajstić information content (AvgIpc) is 2.76. The summed E-state index contributed by atoms with van der Waals surface area (Å²) in [6.45, 7) is 1.75. The van der Waals surface area contributed by atoms with Crippen LogP contribution in [0.5, 0.6) is 0 Å². The molecule has 0 aliphatic heterocycles. The first-order valence-electron chi connectivity index (χ1n) is 6.40. The molecule has 0 aromatic carbocycles. The second-order valence-electron chi connectivity index (χ2n) is 4.64. The molecule has 0 unspecified atom stereocenters. The highest BCUT2D eigenvalue weighted by molar-refractivity contribution is 5.89. The Morgan fingerprint density at radius 2 is 2.19 bits per heavy atom. The molecule has 3 rings (SSSR count). The van der Waals surface area contributed by atoms with E-state index in [-0.39, 0.29) is 18.1 Å². The number of nitrogens with zero attached hydrogens (tertiary/aromatic N) is 4. The Balaban J connectivity index is 1.80. The van der Waals surface area contributed by atoms with Gasteiger partial charge in [-0.2, -0.15) is 0 Å². The van der Waals surface area contributed by atoms with Gasteiger partial charge in [-0.05, 0) is 36.8 Å². The minimum Gasteiger partial charge on any atom is -0.309 e. The molecule has 7 nitrogen and oxygen atoms in total. The summed E-state index contributed by atoms with van der Waals surface area (Å²) in [7, 11) is 0. The van der Waals surface area contributed by atoms with Crippen LogP contribution in [0.25, 0.3) is 5.65 Å². The Morgan fingerprint density at radius 1 is 1.33 bits per heavy atom. The molecule has 0 saturated carbocycles. The van der Waals surface area contributed by atoms with Gasteiger partial charge in [-0.1, -0.05) is 6.07 Å². The van der Waals surface area contributed by atoms with Crippen molar-refractivity contribution >= 4 is 17.4 Å². The molecule has 3 heterocycles. The summed E-state index contributed by atoms with van der Waals surface area (Å²) in [5.74, 6) is 0.107. The van der Waals surface area contributed by atoms with Crippen molar-refractivity contribution in [3.05, 3.63) is 58.8 Å². The van der Waals surface area contributed by atoms with Crippen LogP contribution in [0.15, 0.2) is 47.5 Å². The molecule has 1 amide bonds. The lowest BCUT2D eigenvalue weighted by Gasteiger charge is -2.04. The van der Waals surface area contributed by atoms with Crippen LogP contribution in [0, 0.1) is 6.92 Å². The van der Waals surface area contributed by atoms with Crippen LogP contribution < -0.4 is 11.0 Å². The normalized spacial score (nSPS) is 10.7. The average molecular weight is 283 g/mol.